The second-order valence-corrected chi connectivity index (χ2v) is 6.17. The quantitative estimate of drug-likeness (QED) is 0.625. The first kappa shape index (κ1) is 18.7. The zero-order chi connectivity index (χ0) is 18.9. The lowest BCUT2D eigenvalue weighted by Gasteiger charge is -2.22. The maximum absolute atomic E-state index is 12.7. The van der Waals surface area contributed by atoms with E-state index in [1.54, 1.807) is 6.20 Å². The third-order valence-electron chi connectivity index (χ3n) is 4.12. The number of nitrogens with two attached hydrogens (primary N) is 1. The lowest BCUT2D eigenvalue weighted by molar-refractivity contribution is -0.131. The SMILES string of the molecule is NCCCN(Cc1ccccc1)C(=O)CCc1nc(-c2ccccn2)no1. The molecule has 1 aromatic carbocycles. The van der Waals surface area contributed by atoms with Crippen molar-refractivity contribution in [1.29, 1.82) is 0 Å². The van der Waals surface area contributed by atoms with Crippen molar-refractivity contribution in [3.8, 4) is 11.5 Å². The highest BCUT2D eigenvalue weighted by atomic mass is 16.5. The average molecular weight is 365 g/mol. The molecule has 2 heterocycles. The van der Waals surface area contributed by atoms with Gasteiger partial charge in [0.25, 0.3) is 0 Å². The molecule has 0 unspecified atom stereocenters. The fourth-order valence-corrected chi connectivity index (χ4v) is 2.71. The van der Waals surface area contributed by atoms with Crippen molar-refractivity contribution >= 4 is 5.91 Å². The molecule has 0 atom stereocenters. The van der Waals surface area contributed by atoms with Crippen molar-refractivity contribution in [2.24, 2.45) is 5.73 Å². The van der Waals surface area contributed by atoms with Crippen molar-refractivity contribution < 1.29 is 9.32 Å². The van der Waals surface area contributed by atoms with E-state index in [0.717, 1.165) is 12.0 Å². The molecular formula is C20H23N5O2. The molecule has 7 nitrogen and oxygen atoms in total. The number of benzene rings is 1. The molecule has 7 heteroatoms. The van der Waals surface area contributed by atoms with Gasteiger partial charge in [0.05, 0.1) is 0 Å². The zero-order valence-corrected chi connectivity index (χ0v) is 15.1. The van der Waals surface area contributed by atoms with Gasteiger partial charge in [0.1, 0.15) is 5.69 Å². The highest BCUT2D eigenvalue weighted by Crippen LogP contribution is 2.14. The minimum Gasteiger partial charge on any atom is -0.339 e. The minimum atomic E-state index is 0.0462. The summed E-state index contributed by atoms with van der Waals surface area (Å²) in [6, 6.07) is 15.4. The second kappa shape index (κ2) is 9.59. The van der Waals surface area contributed by atoms with Crippen LogP contribution in [0.3, 0.4) is 0 Å². The van der Waals surface area contributed by atoms with Crippen LogP contribution in [-0.2, 0) is 17.8 Å². The van der Waals surface area contributed by atoms with Gasteiger partial charge in [-0.25, -0.2) is 0 Å². The topological polar surface area (TPSA) is 98.1 Å². The number of rotatable bonds is 9. The normalized spacial score (nSPS) is 10.7. The molecule has 0 fully saturated rings. The van der Waals surface area contributed by atoms with Crippen LogP contribution in [0.15, 0.2) is 59.3 Å². The third kappa shape index (κ3) is 5.46. The summed E-state index contributed by atoms with van der Waals surface area (Å²) in [6.07, 6.45) is 3.14. The number of aromatic nitrogens is 3. The highest BCUT2D eigenvalue weighted by molar-refractivity contribution is 5.76. The Morgan fingerprint density at radius 1 is 1.11 bits per heavy atom. The number of aryl methyl sites for hydroxylation is 1. The van der Waals surface area contributed by atoms with Crippen LogP contribution in [0, 0.1) is 0 Å². The molecule has 1 amide bonds. The van der Waals surface area contributed by atoms with E-state index in [0.29, 0.717) is 49.9 Å². The van der Waals surface area contributed by atoms with Crippen LogP contribution in [0.2, 0.25) is 0 Å². The van der Waals surface area contributed by atoms with Gasteiger partial charge in [0.2, 0.25) is 17.6 Å². The predicted octanol–water partition coefficient (Wildman–Crippen LogP) is 2.44. The predicted molar refractivity (Wildman–Crippen MR) is 101 cm³/mol. The van der Waals surface area contributed by atoms with Crippen LogP contribution >= 0.6 is 0 Å². The highest BCUT2D eigenvalue weighted by Gasteiger charge is 2.16. The summed E-state index contributed by atoms with van der Waals surface area (Å²) in [7, 11) is 0. The number of pyridine rings is 1. The summed E-state index contributed by atoms with van der Waals surface area (Å²) in [5, 5.41) is 3.94. The number of hydrogen-bond acceptors (Lipinski definition) is 6. The maximum Gasteiger partial charge on any atom is 0.227 e. The van der Waals surface area contributed by atoms with Gasteiger partial charge in [0, 0.05) is 32.1 Å². The van der Waals surface area contributed by atoms with Gasteiger partial charge in [-0.05, 0) is 30.7 Å². The van der Waals surface area contributed by atoms with Crippen LogP contribution in [0.25, 0.3) is 11.5 Å². The summed E-state index contributed by atoms with van der Waals surface area (Å²) < 4.78 is 5.26. The molecule has 0 bridgehead atoms. The third-order valence-corrected chi connectivity index (χ3v) is 4.12. The second-order valence-electron chi connectivity index (χ2n) is 6.17. The molecule has 0 saturated carbocycles. The van der Waals surface area contributed by atoms with Gasteiger partial charge in [-0.3, -0.25) is 9.78 Å². The molecule has 3 rings (SSSR count). The number of hydrogen-bond donors (Lipinski definition) is 1. The Hall–Kier alpha value is -3.06. The minimum absolute atomic E-state index is 0.0462. The van der Waals surface area contributed by atoms with E-state index in [1.807, 2.05) is 53.4 Å². The fourth-order valence-electron chi connectivity index (χ4n) is 2.71. The number of nitrogens with zero attached hydrogens (tertiary/aromatic N) is 4. The Balaban J connectivity index is 1.59. The molecule has 0 aliphatic carbocycles. The van der Waals surface area contributed by atoms with E-state index in [4.69, 9.17) is 10.3 Å². The Labute approximate surface area is 158 Å². The van der Waals surface area contributed by atoms with Crippen LogP contribution in [-0.4, -0.2) is 39.0 Å². The molecule has 0 aliphatic heterocycles. The van der Waals surface area contributed by atoms with E-state index >= 15 is 0 Å². The van der Waals surface area contributed by atoms with E-state index in [2.05, 4.69) is 15.1 Å². The molecule has 2 N–H and O–H groups in total. The molecule has 27 heavy (non-hydrogen) atoms. The molecule has 2 aromatic heterocycles. The molecular weight excluding hydrogens is 342 g/mol. The van der Waals surface area contributed by atoms with Gasteiger partial charge >= 0.3 is 0 Å². The van der Waals surface area contributed by atoms with Gasteiger partial charge in [-0.15, -0.1) is 0 Å². The Kier molecular flexibility index (Phi) is 6.65. The van der Waals surface area contributed by atoms with Gasteiger partial charge in [-0.1, -0.05) is 41.6 Å². The van der Waals surface area contributed by atoms with Crippen LogP contribution in [0.1, 0.15) is 24.3 Å². The fraction of sp³-hybridized carbons (Fsp3) is 0.300. The summed E-state index contributed by atoms with van der Waals surface area (Å²) in [4.78, 5) is 23.0. The summed E-state index contributed by atoms with van der Waals surface area (Å²) in [6.45, 7) is 1.76. The van der Waals surface area contributed by atoms with Gasteiger partial charge in [-0.2, -0.15) is 4.98 Å². The number of carbonyl (C=O) groups excluding carboxylic acids is 1. The van der Waals surface area contributed by atoms with E-state index in [9.17, 15) is 4.79 Å². The molecule has 0 aliphatic rings. The Morgan fingerprint density at radius 2 is 1.93 bits per heavy atom. The van der Waals surface area contributed by atoms with Crippen molar-refractivity contribution in [1.82, 2.24) is 20.0 Å². The molecule has 0 spiro atoms. The van der Waals surface area contributed by atoms with Crippen LogP contribution in [0.5, 0.6) is 0 Å². The van der Waals surface area contributed by atoms with Crippen molar-refractivity contribution in [2.45, 2.75) is 25.8 Å². The van der Waals surface area contributed by atoms with Gasteiger partial charge in [0.15, 0.2) is 0 Å². The first-order chi connectivity index (χ1) is 13.3. The smallest absolute Gasteiger partial charge is 0.227 e. The first-order valence-electron chi connectivity index (χ1n) is 9.02. The van der Waals surface area contributed by atoms with Crippen molar-refractivity contribution in [2.75, 3.05) is 13.1 Å². The summed E-state index contributed by atoms with van der Waals surface area (Å²) in [5.74, 6) is 0.912. The molecule has 3 aromatic rings. The lowest BCUT2D eigenvalue weighted by atomic mass is 10.2. The number of carbonyl (C=O) groups is 1. The lowest BCUT2D eigenvalue weighted by Crippen LogP contribution is -2.32. The monoisotopic (exact) mass is 365 g/mol. The number of amides is 1. The van der Waals surface area contributed by atoms with Gasteiger partial charge < -0.3 is 15.2 Å². The van der Waals surface area contributed by atoms with Crippen molar-refractivity contribution in [3.05, 3.63) is 66.2 Å². The van der Waals surface area contributed by atoms with E-state index in [-0.39, 0.29) is 5.91 Å². The Bertz CT molecular complexity index is 836. The summed E-state index contributed by atoms with van der Waals surface area (Å²) >= 11 is 0. The van der Waals surface area contributed by atoms with Crippen molar-refractivity contribution in [3.63, 3.8) is 0 Å². The summed E-state index contributed by atoms with van der Waals surface area (Å²) in [5.41, 5.74) is 7.36. The van der Waals surface area contributed by atoms with E-state index < -0.39 is 0 Å². The molecule has 0 radical (unpaired) electrons. The first-order valence-corrected chi connectivity index (χ1v) is 9.02. The largest absolute Gasteiger partial charge is 0.339 e. The van der Waals surface area contributed by atoms with Crippen LogP contribution in [0.4, 0.5) is 0 Å². The molecule has 0 saturated heterocycles. The molecule has 140 valence electrons. The van der Waals surface area contributed by atoms with Crippen LogP contribution < -0.4 is 5.73 Å². The Morgan fingerprint density at radius 3 is 2.67 bits per heavy atom. The van der Waals surface area contributed by atoms with E-state index in [1.165, 1.54) is 0 Å². The standard InChI is InChI=1S/C20H23N5O2/c21-12-6-14-25(15-16-7-2-1-3-8-16)19(26)11-10-18-23-20(24-27-18)17-9-4-5-13-22-17/h1-5,7-9,13H,6,10-12,14-15,21H2. The average Bonchev–Trinajstić information content (AvgIpc) is 3.20. The maximum atomic E-state index is 12.7. The zero-order valence-electron chi connectivity index (χ0n) is 15.1.